The van der Waals surface area contributed by atoms with Crippen LogP contribution in [0.3, 0.4) is 0 Å². The molecule has 6 unspecified atom stereocenters. The Morgan fingerprint density at radius 3 is 2.76 bits per heavy atom. The van der Waals surface area contributed by atoms with Crippen LogP contribution >= 0.6 is 0 Å². The summed E-state index contributed by atoms with van der Waals surface area (Å²) in [5.41, 5.74) is 1.11. The third-order valence-corrected chi connectivity index (χ3v) is 7.94. The van der Waals surface area contributed by atoms with E-state index in [1.807, 2.05) is 0 Å². The second kappa shape index (κ2) is 9.88. The summed E-state index contributed by atoms with van der Waals surface area (Å²) in [5.74, 6) is 0.268. The van der Waals surface area contributed by atoms with Crippen LogP contribution in [0.5, 0.6) is 0 Å². The van der Waals surface area contributed by atoms with Crippen molar-refractivity contribution in [2.45, 2.75) is 50.2 Å². The number of nitriles is 1. The highest BCUT2D eigenvalue weighted by atomic mass is 19.1. The average molecular weight is 469 g/mol. The molecule has 1 aliphatic carbocycles. The summed E-state index contributed by atoms with van der Waals surface area (Å²) in [5, 5.41) is 25.6. The SMILES string of the molecule is N#CC(NC(=O)C(CC1CC1)NC(=O)C1Cc2cccc(F)c2N1)C1CNCC2CCNCC21. The zero-order chi connectivity index (χ0) is 23.7. The Balaban J connectivity index is 1.24. The number of fused-ring (bicyclic) bond motifs is 2. The first-order valence-corrected chi connectivity index (χ1v) is 12.5. The number of benzene rings is 1. The molecule has 0 radical (unpaired) electrons. The number of nitrogens with one attached hydrogen (secondary N) is 5. The Morgan fingerprint density at radius 1 is 1.15 bits per heavy atom. The first-order valence-electron chi connectivity index (χ1n) is 12.5. The number of anilines is 1. The molecule has 0 spiro atoms. The van der Waals surface area contributed by atoms with Gasteiger partial charge in [-0.1, -0.05) is 25.0 Å². The lowest BCUT2D eigenvalue weighted by atomic mass is 9.72. The van der Waals surface area contributed by atoms with E-state index in [0.29, 0.717) is 42.8 Å². The Labute approximate surface area is 199 Å². The van der Waals surface area contributed by atoms with Gasteiger partial charge in [-0.25, -0.2) is 4.39 Å². The largest absolute Gasteiger partial charge is 0.371 e. The number of halogens is 1. The fourth-order valence-corrected chi connectivity index (χ4v) is 5.83. The maximum atomic E-state index is 14.1. The molecule has 182 valence electrons. The van der Waals surface area contributed by atoms with E-state index in [0.717, 1.165) is 44.5 Å². The van der Waals surface area contributed by atoms with Gasteiger partial charge in [-0.05, 0) is 61.9 Å². The molecule has 1 aromatic carbocycles. The van der Waals surface area contributed by atoms with Crippen molar-refractivity contribution in [3.05, 3.63) is 29.6 Å². The van der Waals surface area contributed by atoms with Crippen LogP contribution in [-0.4, -0.2) is 56.1 Å². The number of amides is 2. The summed E-state index contributed by atoms with van der Waals surface area (Å²) in [4.78, 5) is 26.3. The summed E-state index contributed by atoms with van der Waals surface area (Å²) >= 11 is 0. The molecule has 3 heterocycles. The van der Waals surface area contributed by atoms with Crippen molar-refractivity contribution in [1.82, 2.24) is 21.3 Å². The number of rotatable bonds is 7. The van der Waals surface area contributed by atoms with Gasteiger partial charge in [0.15, 0.2) is 0 Å². The number of nitrogens with zero attached hydrogens (tertiary/aromatic N) is 1. The summed E-state index contributed by atoms with van der Waals surface area (Å²) in [6.45, 7) is 3.48. The van der Waals surface area contributed by atoms with Gasteiger partial charge in [0, 0.05) is 18.9 Å². The number of carbonyl (C=O) groups excluding carboxylic acids is 2. The molecule has 8 nitrogen and oxygen atoms in total. The average Bonchev–Trinajstić information content (AvgIpc) is 3.56. The predicted molar refractivity (Wildman–Crippen MR) is 125 cm³/mol. The minimum absolute atomic E-state index is 0.0201. The van der Waals surface area contributed by atoms with Crippen LogP contribution in [0, 0.1) is 40.8 Å². The topological polar surface area (TPSA) is 118 Å². The number of piperidine rings is 2. The Morgan fingerprint density at radius 2 is 2.00 bits per heavy atom. The molecule has 2 amide bonds. The van der Waals surface area contributed by atoms with E-state index in [1.54, 1.807) is 12.1 Å². The summed E-state index contributed by atoms with van der Waals surface area (Å²) in [7, 11) is 0. The van der Waals surface area contributed by atoms with Crippen LogP contribution < -0.4 is 26.6 Å². The van der Waals surface area contributed by atoms with Crippen molar-refractivity contribution in [2.75, 3.05) is 31.5 Å². The molecule has 1 aromatic rings. The molecule has 1 saturated carbocycles. The molecule has 3 fully saturated rings. The number of para-hydroxylation sites is 1. The van der Waals surface area contributed by atoms with E-state index in [9.17, 15) is 19.2 Å². The molecule has 9 heteroatoms. The van der Waals surface area contributed by atoms with Crippen molar-refractivity contribution in [3.8, 4) is 6.07 Å². The number of hydrogen-bond acceptors (Lipinski definition) is 6. The molecule has 34 heavy (non-hydrogen) atoms. The van der Waals surface area contributed by atoms with E-state index >= 15 is 0 Å². The van der Waals surface area contributed by atoms with Crippen LogP contribution in [-0.2, 0) is 16.0 Å². The van der Waals surface area contributed by atoms with Crippen LogP contribution in [0.1, 0.15) is 31.2 Å². The smallest absolute Gasteiger partial charge is 0.243 e. The second-order valence-corrected chi connectivity index (χ2v) is 10.3. The Kier molecular flexibility index (Phi) is 6.70. The molecule has 2 saturated heterocycles. The molecule has 4 aliphatic rings. The third-order valence-electron chi connectivity index (χ3n) is 7.94. The summed E-state index contributed by atoms with van der Waals surface area (Å²) < 4.78 is 14.1. The Bertz CT molecular complexity index is 975. The maximum Gasteiger partial charge on any atom is 0.243 e. The van der Waals surface area contributed by atoms with Gasteiger partial charge in [-0.15, -0.1) is 0 Å². The molecule has 0 aromatic heterocycles. The van der Waals surface area contributed by atoms with Crippen LogP contribution in [0.15, 0.2) is 18.2 Å². The summed E-state index contributed by atoms with van der Waals surface area (Å²) in [6.07, 6.45) is 4.09. The molecule has 5 rings (SSSR count). The van der Waals surface area contributed by atoms with E-state index < -0.39 is 18.1 Å². The lowest BCUT2D eigenvalue weighted by molar-refractivity contribution is -0.130. The molecular weight excluding hydrogens is 435 g/mol. The van der Waals surface area contributed by atoms with Crippen molar-refractivity contribution in [3.63, 3.8) is 0 Å². The molecular formula is C25H33FN6O2. The van der Waals surface area contributed by atoms with Gasteiger partial charge in [-0.2, -0.15) is 5.26 Å². The third kappa shape index (κ3) is 4.89. The number of hydrogen-bond donors (Lipinski definition) is 5. The minimum Gasteiger partial charge on any atom is -0.371 e. The molecule has 5 N–H and O–H groups in total. The van der Waals surface area contributed by atoms with E-state index in [1.165, 1.54) is 6.07 Å². The van der Waals surface area contributed by atoms with Gasteiger partial charge in [0.05, 0.1) is 11.8 Å². The van der Waals surface area contributed by atoms with Gasteiger partial charge < -0.3 is 26.6 Å². The van der Waals surface area contributed by atoms with Gasteiger partial charge >= 0.3 is 0 Å². The Hall–Kier alpha value is -2.70. The van der Waals surface area contributed by atoms with Crippen LogP contribution in [0.25, 0.3) is 0 Å². The highest BCUT2D eigenvalue weighted by Gasteiger charge is 2.41. The summed E-state index contributed by atoms with van der Waals surface area (Å²) in [6, 6.07) is 5.18. The highest BCUT2D eigenvalue weighted by molar-refractivity contribution is 5.92. The predicted octanol–water partition coefficient (Wildman–Crippen LogP) is 0.901. The maximum absolute atomic E-state index is 14.1. The fraction of sp³-hybridized carbons (Fsp3) is 0.640. The van der Waals surface area contributed by atoms with Crippen LogP contribution in [0.4, 0.5) is 10.1 Å². The monoisotopic (exact) mass is 468 g/mol. The van der Waals surface area contributed by atoms with E-state index in [2.05, 4.69) is 32.7 Å². The molecule has 0 bridgehead atoms. The molecule has 3 aliphatic heterocycles. The highest BCUT2D eigenvalue weighted by Crippen LogP contribution is 2.35. The van der Waals surface area contributed by atoms with E-state index in [-0.39, 0.29) is 23.5 Å². The first-order chi connectivity index (χ1) is 16.5. The van der Waals surface area contributed by atoms with Gasteiger partial charge in [-0.3, -0.25) is 9.59 Å². The second-order valence-electron chi connectivity index (χ2n) is 10.3. The minimum atomic E-state index is -0.706. The van der Waals surface area contributed by atoms with E-state index in [4.69, 9.17) is 0 Å². The lowest BCUT2D eigenvalue weighted by Crippen LogP contribution is -2.59. The normalized spacial score (nSPS) is 29.5. The first kappa shape index (κ1) is 23.1. The van der Waals surface area contributed by atoms with Gasteiger partial charge in [0.2, 0.25) is 11.8 Å². The van der Waals surface area contributed by atoms with Crippen molar-refractivity contribution >= 4 is 17.5 Å². The standard InChI is InChI=1S/C25H33FN6O2/c26-19-3-1-2-15-9-21(30-23(15)19)25(34)31-20(8-14-4-5-14)24(33)32-22(10-27)18-13-29-11-16-6-7-28-12-17(16)18/h1-3,14,16-18,20-22,28-30H,4-9,11-13H2,(H,31,34)(H,32,33). The lowest BCUT2D eigenvalue weighted by Gasteiger charge is -2.43. The van der Waals surface area contributed by atoms with Gasteiger partial charge in [0.25, 0.3) is 0 Å². The van der Waals surface area contributed by atoms with Crippen LogP contribution in [0.2, 0.25) is 0 Å². The van der Waals surface area contributed by atoms with Crippen molar-refractivity contribution in [2.24, 2.45) is 23.7 Å². The zero-order valence-electron chi connectivity index (χ0n) is 19.3. The van der Waals surface area contributed by atoms with Crippen molar-refractivity contribution in [1.29, 1.82) is 5.26 Å². The molecule has 6 atom stereocenters. The quantitative estimate of drug-likeness (QED) is 0.406. The van der Waals surface area contributed by atoms with Crippen molar-refractivity contribution < 1.29 is 14.0 Å². The van der Waals surface area contributed by atoms with Gasteiger partial charge in [0.1, 0.15) is 23.9 Å². The fourth-order valence-electron chi connectivity index (χ4n) is 5.83. The number of carbonyl (C=O) groups is 2. The zero-order valence-corrected chi connectivity index (χ0v) is 19.3.